The molecule has 0 aliphatic rings. The molecule has 2 heteroatoms. The molecule has 0 spiro atoms. The average molecular weight is 320 g/mol. The lowest BCUT2D eigenvalue weighted by molar-refractivity contribution is -0.687. The SMILES string of the molecule is CCCCCCOc1ccc2c[n+](Cc3ccccc3)ccc2c1. The number of fused-ring (bicyclic) bond motifs is 1. The van der Waals surface area contributed by atoms with Crippen LogP contribution >= 0.6 is 0 Å². The molecular weight excluding hydrogens is 294 g/mol. The second-order valence-corrected chi connectivity index (χ2v) is 6.30. The average Bonchev–Trinajstić information content (AvgIpc) is 2.62. The van der Waals surface area contributed by atoms with E-state index in [2.05, 4.69) is 78.5 Å². The number of nitrogens with zero attached hydrogens (tertiary/aromatic N) is 1. The fourth-order valence-corrected chi connectivity index (χ4v) is 2.91. The Morgan fingerprint density at radius 2 is 1.75 bits per heavy atom. The summed E-state index contributed by atoms with van der Waals surface area (Å²) in [7, 11) is 0. The summed E-state index contributed by atoms with van der Waals surface area (Å²) in [5.41, 5.74) is 1.31. The molecule has 0 saturated heterocycles. The summed E-state index contributed by atoms with van der Waals surface area (Å²) >= 11 is 0. The smallest absolute Gasteiger partial charge is 0.176 e. The first-order valence-corrected chi connectivity index (χ1v) is 8.95. The van der Waals surface area contributed by atoms with Crippen molar-refractivity contribution in [2.24, 2.45) is 0 Å². The van der Waals surface area contributed by atoms with Gasteiger partial charge in [-0.2, -0.15) is 0 Å². The Morgan fingerprint density at radius 3 is 2.58 bits per heavy atom. The van der Waals surface area contributed by atoms with Crippen LogP contribution < -0.4 is 9.30 Å². The fourth-order valence-electron chi connectivity index (χ4n) is 2.91. The molecule has 0 fully saturated rings. The van der Waals surface area contributed by atoms with Gasteiger partial charge in [-0.25, -0.2) is 4.57 Å². The zero-order valence-electron chi connectivity index (χ0n) is 14.4. The number of hydrogen-bond donors (Lipinski definition) is 0. The number of benzene rings is 2. The predicted octanol–water partition coefficient (Wildman–Crippen LogP) is 5.13. The molecule has 0 aliphatic heterocycles. The minimum Gasteiger partial charge on any atom is -0.494 e. The summed E-state index contributed by atoms with van der Waals surface area (Å²) in [4.78, 5) is 0. The molecule has 24 heavy (non-hydrogen) atoms. The Hall–Kier alpha value is -2.35. The topological polar surface area (TPSA) is 13.1 Å². The monoisotopic (exact) mass is 320 g/mol. The molecule has 2 aromatic carbocycles. The number of rotatable bonds is 8. The van der Waals surface area contributed by atoms with Crippen LogP contribution in [0.5, 0.6) is 5.75 Å². The van der Waals surface area contributed by atoms with Gasteiger partial charge in [0.15, 0.2) is 18.9 Å². The zero-order valence-corrected chi connectivity index (χ0v) is 14.4. The highest BCUT2D eigenvalue weighted by molar-refractivity contribution is 5.82. The van der Waals surface area contributed by atoms with Gasteiger partial charge in [-0.3, -0.25) is 0 Å². The normalized spacial score (nSPS) is 10.9. The molecule has 0 N–H and O–H groups in total. The first-order valence-electron chi connectivity index (χ1n) is 8.95. The first kappa shape index (κ1) is 16.5. The lowest BCUT2D eigenvalue weighted by atomic mass is 10.1. The third kappa shape index (κ3) is 4.58. The number of pyridine rings is 1. The molecule has 0 radical (unpaired) electrons. The molecule has 0 amide bonds. The van der Waals surface area contributed by atoms with Gasteiger partial charge in [-0.05, 0) is 30.0 Å². The molecule has 0 aliphatic carbocycles. The van der Waals surface area contributed by atoms with Crippen LogP contribution in [0.15, 0.2) is 67.0 Å². The van der Waals surface area contributed by atoms with Crippen LogP contribution in [-0.2, 0) is 6.54 Å². The predicted molar refractivity (Wildman–Crippen MR) is 99.3 cm³/mol. The van der Waals surface area contributed by atoms with Crippen LogP contribution in [0.2, 0.25) is 0 Å². The molecule has 0 saturated carbocycles. The van der Waals surface area contributed by atoms with Crippen LogP contribution in [-0.4, -0.2) is 6.61 Å². The second kappa shape index (κ2) is 8.49. The van der Waals surface area contributed by atoms with Gasteiger partial charge in [-0.15, -0.1) is 0 Å². The Bertz CT molecular complexity index is 767. The van der Waals surface area contributed by atoms with E-state index in [1.165, 1.54) is 35.6 Å². The number of ether oxygens (including phenoxy) is 1. The Morgan fingerprint density at radius 1 is 0.875 bits per heavy atom. The second-order valence-electron chi connectivity index (χ2n) is 6.30. The van der Waals surface area contributed by atoms with Crippen molar-refractivity contribution in [1.29, 1.82) is 0 Å². The van der Waals surface area contributed by atoms with Crippen molar-refractivity contribution < 1.29 is 9.30 Å². The largest absolute Gasteiger partial charge is 0.494 e. The zero-order chi connectivity index (χ0) is 16.6. The standard InChI is InChI=1S/C22H26NO/c1-2-3-4-8-15-24-22-12-11-21-18-23(14-13-20(21)16-22)17-19-9-6-5-7-10-19/h5-7,9-14,16,18H,2-4,8,15,17H2,1H3/q+1. The molecular formula is C22H26NO+. The van der Waals surface area contributed by atoms with Crippen molar-refractivity contribution in [3.8, 4) is 5.75 Å². The Labute approximate surface area is 144 Å². The van der Waals surface area contributed by atoms with Crippen molar-refractivity contribution in [2.75, 3.05) is 6.61 Å². The van der Waals surface area contributed by atoms with Crippen LogP contribution in [0.1, 0.15) is 38.2 Å². The van der Waals surface area contributed by atoms with Gasteiger partial charge in [0, 0.05) is 17.0 Å². The van der Waals surface area contributed by atoms with Gasteiger partial charge in [-0.1, -0.05) is 56.5 Å². The molecule has 3 aromatic rings. The highest BCUT2D eigenvalue weighted by atomic mass is 16.5. The van der Waals surface area contributed by atoms with Crippen molar-refractivity contribution in [2.45, 2.75) is 39.2 Å². The van der Waals surface area contributed by atoms with Gasteiger partial charge in [0.1, 0.15) is 5.75 Å². The molecule has 0 atom stereocenters. The fraction of sp³-hybridized carbons (Fsp3) is 0.318. The summed E-state index contributed by atoms with van der Waals surface area (Å²) < 4.78 is 8.10. The maximum absolute atomic E-state index is 5.88. The minimum atomic E-state index is 0.812. The summed E-state index contributed by atoms with van der Waals surface area (Å²) in [5.74, 6) is 0.972. The maximum Gasteiger partial charge on any atom is 0.176 e. The van der Waals surface area contributed by atoms with Crippen molar-refractivity contribution in [3.63, 3.8) is 0 Å². The van der Waals surface area contributed by atoms with Crippen molar-refractivity contribution in [3.05, 3.63) is 72.6 Å². The maximum atomic E-state index is 5.88. The summed E-state index contributed by atoms with van der Waals surface area (Å²) in [6, 6.07) is 19.1. The van der Waals surface area contributed by atoms with E-state index in [1.54, 1.807) is 0 Å². The first-order chi connectivity index (χ1) is 11.8. The summed E-state index contributed by atoms with van der Waals surface area (Å²) in [6.45, 7) is 3.94. The Kier molecular flexibility index (Phi) is 5.84. The quantitative estimate of drug-likeness (QED) is 0.414. The van der Waals surface area contributed by atoms with Crippen LogP contribution in [0.3, 0.4) is 0 Å². The van der Waals surface area contributed by atoms with E-state index in [1.807, 2.05) is 0 Å². The van der Waals surface area contributed by atoms with Gasteiger partial charge in [0.05, 0.1) is 6.61 Å². The molecule has 0 bridgehead atoms. The highest BCUT2D eigenvalue weighted by Gasteiger charge is 2.05. The number of unbranched alkanes of at least 4 members (excludes halogenated alkanes) is 3. The number of aromatic nitrogens is 1. The van der Waals surface area contributed by atoms with Crippen molar-refractivity contribution in [1.82, 2.24) is 0 Å². The van der Waals surface area contributed by atoms with Gasteiger partial charge < -0.3 is 4.74 Å². The third-order valence-electron chi connectivity index (χ3n) is 4.28. The lowest BCUT2D eigenvalue weighted by Crippen LogP contribution is -2.33. The lowest BCUT2D eigenvalue weighted by Gasteiger charge is -2.07. The molecule has 124 valence electrons. The minimum absolute atomic E-state index is 0.812. The van der Waals surface area contributed by atoms with E-state index in [0.29, 0.717) is 0 Å². The van der Waals surface area contributed by atoms with Gasteiger partial charge in [0.2, 0.25) is 0 Å². The van der Waals surface area contributed by atoms with E-state index >= 15 is 0 Å². The van der Waals surface area contributed by atoms with Crippen LogP contribution in [0.4, 0.5) is 0 Å². The molecule has 1 aromatic heterocycles. The number of hydrogen-bond acceptors (Lipinski definition) is 1. The molecule has 0 unspecified atom stereocenters. The van der Waals surface area contributed by atoms with Gasteiger partial charge in [0.25, 0.3) is 0 Å². The van der Waals surface area contributed by atoms with E-state index in [0.717, 1.165) is 25.3 Å². The molecule has 3 rings (SSSR count). The summed E-state index contributed by atoms with van der Waals surface area (Å²) in [5, 5.41) is 2.47. The summed E-state index contributed by atoms with van der Waals surface area (Å²) in [6.07, 6.45) is 9.29. The Balaban J connectivity index is 1.65. The van der Waals surface area contributed by atoms with E-state index in [-0.39, 0.29) is 0 Å². The molecule has 1 heterocycles. The van der Waals surface area contributed by atoms with Crippen molar-refractivity contribution >= 4 is 10.8 Å². The third-order valence-corrected chi connectivity index (χ3v) is 4.28. The van der Waals surface area contributed by atoms with Crippen LogP contribution in [0.25, 0.3) is 10.8 Å². The van der Waals surface area contributed by atoms with Gasteiger partial charge >= 0.3 is 0 Å². The van der Waals surface area contributed by atoms with Crippen LogP contribution in [0, 0.1) is 0 Å². The highest BCUT2D eigenvalue weighted by Crippen LogP contribution is 2.20. The van der Waals surface area contributed by atoms with E-state index in [4.69, 9.17) is 4.74 Å². The molecule has 2 nitrogen and oxygen atoms in total. The van der Waals surface area contributed by atoms with E-state index < -0.39 is 0 Å². The van der Waals surface area contributed by atoms with E-state index in [9.17, 15) is 0 Å².